The summed E-state index contributed by atoms with van der Waals surface area (Å²) in [6, 6.07) is 5.11. The van der Waals surface area contributed by atoms with Crippen LogP contribution in [-0.4, -0.2) is 31.8 Å². The first-order chi connectivity index (χ1) is 10.0. The third-order valence-corrected chi connectivity index (χ3v) is 2.97. The number of benzene rings is 1. The highest BCUT2D eigenvalue weighted by molar-refractivity contribution is 6.31. The fourth-order valence-electron chi connectivity index (χ4n) is 1.65. The summed E-state index contributed by atoms with van der Waals surface area (Å²) in [6.07, 6.45) is 0.996. The fourth-order valence-corrected chi connectivity index (χ4v) is 1.82. The number of anilines is 1. The molecule has 0 aromatic heterocycles. The minimum absolute atomic E-state index is 0.00276. The topological polar surface area (TPSA) is 73.6 Å². The highest BCUT2D eigenvalue weighted by Crippen LogP contribution is 2.28. The second kappa shape index (κ2) is 9.60. The van der Waals surface area contributed by atoms with Crippen molar-refractivity contribution < 1.29 is 14.3 Å². The van der Waals surface area contributed by atoms with Crippen LogP contribution in [0.25, 0.3) is 0 Å². The normalized spacial score (nSPS) is 12.0. The zero-order valence-corrected chi connectivity index (χ0v) is 13.3. The van der Waals surface area contributed by atoms with Crippen molar-refractivity contribution in [3.63, 3.8) is 0 Å². The summed E-state index contributed by atoms with van der Waals surface area (Å²) < 4.78 is 10.8. The van der Waals surface area contributed by atoms with Gasteiger partial charge in [0.1, 0.15) is 12.4 Å². The molecule has 0 saturated heterocycles. The summed E-state index contributed by atoms with van der Waals surface area (Å²) in [4.78, 5) is 11.9. The molecule has 0 aliphatic carbocycles. The van der Waals surface area contributed by atoms with Gasteiger partial charge in [-0.25, -0.2) is 0 Å². The van der Waals surface area contributed by atoms with Crippen molar-refractivity contribution in [2.45, 2.75) is 32.7 Å². The molecule has 0 fully saturated rings. The van der Waals surface area contributed by atoms with Gasteiger partial charge in [0, 0.05) is 24.1 Å². The second-order valence-corrected chi connectivity index (χ2v) is 5.19. The van der Waals surface area contributed by atoms with Crippen molar-refractivity contribution in [1.82, 2.24) is 0 Å². The number of halogens is 1. The van der Waals surface area contributed by atoms with Gasteiger partial charge in [-0.2, -0.15) is 0 Å². The summed E-state index contributed by atoms with van der Waals surface area (Å²) in [5.41, 5.74) is 6.21. The fraction of sp³-hybridized carbons (Fsp3) is 0.533. The van der Waals surface area contributed by atoms with E-state index in [1.165, 1.54) is 0 Å². The quantitative estimate of drug-likeness (QED) is 0.687. The molecule has 5 nitrogen and oxygen atoms in total. The molecule has 0 radical (unpaired) electrons. The third-order valence-electron chi connectivity index (χ3n) is 2.73. The van der Waals surface area contributed by atoms with Gasteiger partial charge >= 0.3 is 0 Å². The number of nitrogens with two attached hydrogens (primary N) is 1. The lowest BCUT2D eigenvalue weighted by molar-refractivity contribution is -0.116. The molecule has 1 amide bonds. The van der Waals surface area contributed by atoms with Crippen LogP contribution in [0.1, 0.15) is 26.7 Å². The first kappa shape index (κ1) is 17.8. The van der Waals surface area contributed by atoms with Crippen LogP contribution in [0.15, 0.2) is 18.2 Å². The van der Waals surface area contributed by atoms with Gasteiger partial charge < -0.3 is 20.5 Å². The van der Waals surface area contributed by atoms with Crippen LogP contribution in [0, 0.1) is 0 Å². The number of carbonyl (C=O) groups is 1. The van der Waals surface area contributed by atoms with Crippen LogP contribution in [0.4, 0.5) is 5.69 Å². The van der Waals surface area contributed by atoms with Gasteiger partial charge in [0.05, 0.1) is 12.3 Å². The smallest absolute Gasteiger partial charge is 0.224 e. The predicted molar refractivity (Wildman–Crippen MR) is 85.0 cm³/mol. The van der Waals surface area contributed by atoms with Crippen molar-refractivity contribution in [3.8, 4) is 5.75 Å². The molecular formula is C15H23ClN2O3. The van der Waals surface area contributed by atoms with E-state index in [0.717, 1.165) is 0 Å². The summed E-state index contributed by atoms with van der Waals surface area (Å²) in [5.74, 6) is 0.470. The highest BCUT2D eigenvalue weighted by Gasteiger charge is 2.10. The Labute approximate surface area is 130 Å². The Hall–Kier alpha value is -1.30. The van der Waals surface area contributed by atoms with Gasteiger partial charge in [0.2, 0.25) is 5.91 Å². The summed E-state index contributed by atoms with van der Waals surface area (Å²) in [6.45, 7) is 5.35. The maximum Gasteiger partial charge on any atom is 0.224 e. The van der Waals surface area contributed by atoms with Gasteiger partial charge in [-0.05, 0) is 38.5 Å². The van der Waals surface area contributed by atoms with Gasteiger partial charge in [-0.3, -0.25) is 4.79 Å². The molecule has 118 valence electrons. The van der Waals surface area contributed by atoms with E-state index in [1.807, 2.05) is 13.8 Å². The third kappa shape index (κ3) is 7.32. The van der Waals surface area contributed by atoms with Crippen LogP contribution in [0.2, 0.25) is 5.02 Å². The molecule has 1 aromatic carbocycles. The minimum atomic E-state index is -0.107. The van der Waals surface area contributed by atoms with Crippen molar-refractivity contribution in [1.29, 1.82) is 0 Å². The number of carbonyl (C=O) groups excluding carboxylic acids is 1. The lowest BCUT2D eigenvalue weighted by atomic mass is 10.2. The number of amides is 1. The average Bonchev–Trinajstić information content (AvgIpc) is 2.43. The number of ether oxygens (including phenoxy) is 2. The molecule has 21 heavy (non-hydrogen) atoms. The Bertz CT molecular complexity index is 453. The van der Waals surface area contributed by atoms with E-state index in [0.29, 0.717) is 49.1 Å². The molecule has 0 heterocycles. The molecule has 0 bridgehead atoms. The van der Waals surface area contributed by atoms with E-state index < -0.39 is 0 Å². The largest absolute Gasteiger partial charge is 0.489 e. The Kier molecular flexibility index (Phi) is 8.12. The van der Waals surface area contributed by atoms with Crippen LogP contribution >= 0.6 is 11.6 Å². The van der Waals surface area contributed by atoms with E-state index in [2.05, 4.69) is 5.32 Å². The summed E-state index contributed by atoms with van der Waals surface area (Å²) in [5, 5.41) is 3.34. The van der Waals surface area contributed by atoms with E-state index in [1.54, 1.807) is 18.2 Å². The number of nitrogens with one attached hydrogen (secondary N) is 1. The maximum atomic E-state index is 11.9. The van der Waals surface area contributed by atoms with Crippen molar-refractivity contribution in [3.05, 3.63) is 23.2 Å². The van der Waals surface area contributed by atoms with E-state index in [4.69, 9.17) is 26.8 Å². The Morgan fingerprint density at radius 1 is 1.43 bits per heavy atom. The van der Waals surface area contributed by atoms with Crippen molar-refractivity contribution in [2.24, 2.45) is 5.73 Å². The molecule has 0 aliphatic rings. The lowest BCUT2D eigenvalue weighted by Crippen LogP contribution is -2.19. The van der Waals surface area contributed by atoms with Gasteiger partial charge in [0.15, 0.2) is 0 Å². The van der Waals surface area contributed by atoms with E-state index >= 15 is 0 Å². The molecule has 1 aromatic rings. The maximum absolute atomic E-state index is 11.9. The second-order valence-electron chi connectivity index (χ2n) is 4.75. The first-order valence-electron chi connectivity index (χ1n) is 7.08. The Morgan fingerprint density at radius 3 is 2.86 bits per heavy atom. The van der Waals surface area contributed by atoms with Crippen LogP contribution in [0.3, 0.4) is 0 Å². The standard InChI is InChI=1S/C15H23ClN2O3/c1-3-20-8-9-21-14-6-5-12(16)10-13(14)18-15(19)7-4-11(2)17/h5-6,10-11H,3-4,7-9,17H2,1-2H3,(H,18,19). The van der Waals surface area contributed by atoms with Crippen LogP contribution in [0.5, 0.6) is 5.75 Å². The van der Waals surface area contributed by atoms with Crippen LogP contribution in [-0.2, 0) is 9.53 Å². The molecule has 0 spiro atoms. The number of rotatable bonds is 9. The van der Waals surface area contributed by atoms with Gasteiger partial charge in [-0.15, -0.1) is 0 Å². The van der Waals surface area contributed by atoms with E-state index in [9.17, 15) is 4.79 Å². The Morgan fingerprint density at radius 2 is 2.19 bits per heavy atom. The first-order valence-corrected chi connectivity index (χ1v) is 7.46. The molecule has 0 aliphatic heterocycles. The zero-order valence-electron chi connectivity index (χ0n) is 12.5. The lowest BCUT2D eigenvalue weighted by Gasteiger charge is -2.13. The van der Waals surface area contributed by atoms with Crippen LogP contribution < -0.4 is 15.8 Å². The molecule has 6 heteroatoms. The minimum Gasteiger partial charge on any atom is -0.489 e. The molecule has 0 saturated carbocycles. The molecule has 3 N–H and O–H groups in total. The molecule has 1 atom stereocenters. The SMILES string of the molecule is CCOCCOc1ccc(Cl)cc1NC(=O)CCC(C)N. The Balaban J connectivity index is 2.61. The highest BCUT2D eigenvalue weighted by atomic mass is 35.5. The molecular weight excluding hydrogens is 292 g/mol. The zero-order chi connectivity index (χ0) is 15.7. The number of hydrogen-bond donors (Lipinski definition) is 2. The molecule has 1 rings (SSSR count). The predicted octanol–water partition coefficient (Wildman–Crippen LogP) is 2.82. The van der Waals surface area contributed by atoms with Crippen molar-refractivity contribution >= 4 is 23.2 Å². The monoisotopic (exact) mass is 314 g/mol. The number of hydrogen-bond acceptors (Lipinski definition) is 4. The summed E-state index contributed by atoms with van der Waals surface area (Å²) >= 11 is 5.96. The van der Waals surface area contributed by atoms with Gasteiger partial charge in [0.25, 0.3) is 0 Å². The summed E-state index contributed by atoms with van der Waals surface area (Å²) in [7, 11) is 0. The van der Waals surface area contributed by atoms with E-state index in [-0.39, 0.29) is 11.9 Å². The van der Waals surface area contributed by atoms with Crippen molar-refractivity contribution in [2.75, 3.05) is 25.1 Å². The van der Waals surface area contributed by atoms with Gasteiger partial charge in [-0.1, -0.05) is 11.6 Å². The molecule has 1 unspecified atom stereocenters. The average molecular weight is 315 g/mol.